The molecule has 2 atom stereocenters. The van der Waals surface area contributed by atoms with Gasteiger partial charge in [-0.3, -0.25) is 4.79 Å². The van der Waals surface area contributed by atoms with Crippen molar-refractivity contribution < 1.29 is 4.79 Å². The summed E-state index contributed by atoms with van der Waals surface area (Å²) >= 11 is 0. The van der Waals surface area contributed by atoms with E-state index >= 15 is 0 Å². The topological polar surface area (TPSA) is 85.8 Å². The number of hydrogen-bond donors (Lipinski definition) is 2. The van der Waals surface area contributed by atoms with Crippen molar-refractivity contribution in [2.75, 3.05) is 0 Å². The summed E-state index contributed by atoms with van der Waals surface area (Å²) in [5.74, 6) is 0.871. The highest BCUT2D eigenvalue weighted by molar-refractivity contribution is 5.92. The van der Waals surface area contributed by atoms with E-state index in [1.165, 1.54) is 6.42 Å². The maximum Gasteiger partial charge on any atom is 0.273 e. The number of carbonyl (C=O) groups is 1. The van der Waals surface area contributed by atoms with E-state index in [0.717, 1.165) is 31.4 Å². The van der Waals surface area contributed by atoms with E-state index in [0.29, 0.717) is 17.5 Å². The Morgan fingerprint density at radius 2 is 1.88 bits per heavy atom. The number of carbonyl (C=O) groups excluding carboxylic acids is 1. The molecule has 126 valence electrons. The molecule has 0 spiro atoms. The van der Waals surface area contributed by atoms with E-state index < -0.39 is 0 Å². The largest absolute Gasteiger partial charge is 0.347 e. The first kappa shape index (κ1) is 15.3. The Bertz CT molecular complexity index is 699. The number of fused-ring (bicyclic) bond motifs is 2. The molecule has 1 aromatic heterocycles. The van der Waals surface area contributed by atoms with Crippen LogP contribution in [0.4, 0.5) is 0 Å². The molecule has 1 heterocycles. The number of nitrogens with zero attached hydrogens (tertiary/aromatic N) is 3. The minimum atomic E-state index is -0.130. The molecule has 6 nitrogen and oxygen atoms in total. The zero-order chi connectivity index (χ0) is 16.5. The Balaban J connectivity index is 1.48. The van der Waals surface area contributed by atoms with E-state index in [4.69, 9.17) is 5.73 Å². The summed E-state index contributed by atoms with van der Waals surface area (Å²) in [7, 11) is 0. The molecule has 0 radical (unpaired) electrons. The van der Waals surface area contributed by atoms with Crippen LogP contribution in [0.15, 0.2) is 36.5 Å². The number of rotatable bonds is 3. The Labute approximate surface area is 141 Å². The molecule has 24 heavy (non-hydrogen) atoms. The highest BCUT2D eigenvalue weighted by Gasteiger charge is 2.40. The maximum atomic E-state index is 12.6. The standard InChI is InChI=1S/C18H23N5O/c19-14-9-12-5-4-6-13(10-14)17(12)20-18(24)16-11-23(22-21-16)15-7-2-1-3-8-15/h1-3,7-8,11-14,17H,4-6,9-10,19H2,(H,20,24). The summed E-state index contributed by atoms with van der Waals surface area (Å²) in [6.45, 7) is 0. The molecule has 4 rings (SSSR count). The molecule has 2 saturated carbocycles. The lowest BCUT2D eigenvalue weighted by molar-refractivity contribution is 0.0751. The van der Waals surface area contributed by atoms with Gasteiger partial charge in [0.05, 0.1) is 11.9 Å². The fourth-order valence-corrected chi connectivity index (χ4v) is 4.32. The number of benzene rings is 1. The smallest absolute Gasteiger partial charge is 0.273 e. The van der Waals surface area contributed by atoms with Gasteiger partial charge in [0.25, 0.3) is 5.91 Å². The molecule has 3 N–H and O–H groups in total. The third kappa shape index (κ3) is 2.94. The van der Waals surface area contributed by atoms with E-state index in [1.807, 2.05) is 30.3 Å². The van der Waals surface area contributed by atoms with Crippen LogP contribution in [0.25, 0.3) is 5.69 Å². The molecule has 0 aliphatic heterocycles. The summed E-state index contributed by atoms with van der Waals surface area (Å²) in [6.07, 6.45) is 7.28. The van der Waals surface area contributed by atoms with Crippen molar-refractivity contribution in [3.8, 4) is 5.69 Å². The minimum absolute atomic E-state index is 0.130. The predicted octanol–water partition coefficient (Wildman–Crippen LogP) is 1.90. The van der Waals surface area contributed by atoms with E-state index in [1.54, 1.807) is 10.9 Å². The van der Waals surface area contributed by atoms with E-state index in [-0.39, 0.29) is 18.0 Å². The molecule has 2 aliphatic carbocycles. The van der Waals surface area contributed by atoms with Crippen molar-refractivity contribution in [1.82, 2.24) is 20.3 Å². The highest BCUT2D eigenvalue weighted by atomic mass is 16.2. The van der Waals surface area contributed by atoms with Crippen molar-refractivity contribution in [1.29, 1.82) is 0 Å². The van der Waals surface area contributed by atoms with Gasteiger partial charge in [-0.15, -0.1) is 5.10 Å². The van der Waals surface area contributed by atoms with Crippen LogP contribution in [-0.4, -0.2) is 33.0 Å². The van der Waals surface area contributed by atoms with Crippen molar-refractivity contribution in [3.63, 3.8) is 0 Å². The average Bonchev–Trinajstić information content (AvgIpc) is 3.07. The van der Waals surface area contributed by atoms with Gasteiger partial charge >= 0.3 is 0 Å². The third-order valence-electron chi connectivity index (χ3n) is 5.42. The summed E-state index contributed by atoms with van der Waals surface area (Å²) in [5, 5.41) is 11.3. The van der Waals surface area contributed by atoms with Gasteiger partial charge in [0.2, 0.25) is 0 Å². The Kier molecular flexibility index (Phi) is 4.06. The number of amides is 1. The number of hydrogen-bond acceptors (Lipinski definition) is 4. The number of nitrogens with two attached hydrogens (primary N) is 1. The first-order chi connectivity index (χ1) is 11.7. The second kappa shape index (κ2) is 6.36. The second-order valence-corrected chi connectivity index (χ2v) is 7.07. The zero-order valence-corrected chi connectivity index (χ0v) is 13.6. The van der Waals surface area contributed by atoms with E-state index in [2.05, 4.69) is 15.6 Å². The third-order valence-corrected chi connectivity index (χ3v) is 5.42. The van der Waals surface area contributed by atoms with Crippen LogP contribution in [0.2, 0.25) is 0 Å². The van der Waals surface area contributed by atoms with Gasteiger partial charge in [-0.05, 0) is 49.7 Å². The van der Waals surface area contributed by atoms with Crippen LogP contribution >= 0.6 is 0 Å². The van der Waals surface area contributed by atoms with Crippen LogP contribution in [0.1, 0.15) is 42.6 Å². The normalized spacial score (nSPS) is 29.2. The zero-order valence-electron chi connectivity index (χ0n) is 13.6. The lowest BCUT2D eigenvalue weighted by Crippen LogP contribution is -2.53. The number of para-hydroxylation sites is 1. The molecular weight excluding hydrogens is 302 g/mol. The van der Waals surface area contributed by atoms with Crippen LogP contribution < -0.4 is 11.1 Å². The lowest BCUT2D eigenvalue weighted by atomic mass is 9.67. The average molecular weight is 325 g/mol. The van der Waals surface area contributed by atoms with Gasteiger partial charge in [-0.1, -0.05) is 29.8 Å². The quantitative estimate of drug-likeness (QED) is 0.902. The molecule has 1 aromatic carbocycles. The summed E-state index contributed by atoms with van der Waals surface area (Å²) in [4.78, 5) is 12.6. The predicted molar refractivity (Wildman–Crippen MR) is 90.7 cm³/mol. The van der Waals surface area contributed by atoms with Gasteiger partial charge in [-0.25, -0.2) is 4.68 Å². The van der Waals surface area contributed by atoms with Crippen LogP contribution in [0.5, 0.6) is 0 Å². The molecule has 2 aliphatic rings. The van der Waals surface area contributed by atoms with Crippen LogP contribution in [-0.2, 0) is 0 Å². The minimum Gasteiger partial charge on any atom is -0.347 e. The molecule has 6 heteroatoms. The lowest BCUT2D eigenvalue weighted by Gasteiger charge is -2.45. The van der Waals surface area contributed by atoms with Gasteiger partial charge in [-0.2, -0.15) is 0 Å². The monoisotopic (exact) mass is 325 g/mol. The van der Waals surface area contributed by atoms with Crippen molar-refractivity contribution in [2.24, 2.45) is 17.6 Å². The SMILES string of the molecule is NC1CC2CCCC(C1)C2NC(=O)c1cn(-c2ccccc2)nn1. The fraction of sp³-hybridized carbons (Fsp3) is 0.500. The fourth-order valence-electron chi connectivity index (χ4n) is 4.32. The van der Waals surface area contributed by atoms with Gasteiger partial charge in [0.15, 0.2) is 5.69 Å². The van der Waals surface area contributed by atoms with Crippen molar-refractivity contribution in [3.05, 3.63) is 42.2 Å². The molecular formula is C18H23N5O. The van der Waals surface area contributed by atoms with Crippen LogP contribution in [0, 0.1) is 11.8 Å². The van der Waals surface area contributed by atoms with Crippen molar-refractivity contribution in [2.45, 2.75) is 44.2 Å². The summed E-state index contributed by atoms with van der Waals surface area (Å²) < 4.78 is 1.63. The van der Waals surface area contributed by atoms with Crippen LogP contribution in [0.3, 0.4) is 0 Å². The van der Waals surface area contributed by atoms with Gasteiger partial charge in [0, 0.05) is 12.1 Å². The summed E-state index contributed by atoms with van der Waals surface area (Å²) in [5.41, 5.74) is 7.42. The second-order valence-electron chi connectivity index (χ2n) is 7.07. The molecule has 2 aromatic rings. The molecule has 0 saturated heterocycles. The Morgan fingerprint density at radius 3 is 2.58 bits per heavy atom. The molecule has 2 unspecified atom stereocenters. The molecule has 2 bridgehead atoms. The van der Waals surface area contributed by atoms with E-state index in [9.17, 15) is 4.79 Å². The number of nitrogens with one attached hydrogen (secondary N) is 1. The first-order valence-electron chi connectivity index (χ1n) is 8.75. The van der Waals surface area contributed by atoms with Gasteiger partial charge in [0.1, 0.15) is 0 Å². The molecule has 2 fully saturated rings. The first-order valence-corrected chi connectivity index (χ1v) is 8.75. The Morgan fingerprint density at radius 1 is 1.17 bits per heavy atom. The number of aromatic nitrogens is 3. The summed E-state index contributed by atoms with van der Waals surface area (Å²) in [6, 6.07) is 10.2. The maximum absolute atomic E-state index is 12.6. The molecule has 1 amide bonds. The van der Waals surface area contributed by atoms with Gasteiger partial charge < -0.3 is 11.1 Å². The Hall–Kier alpha value is -2.21. The van der Waals surface area contributed by atoms with Crippen molar-refractivity contribution >= 4 is 5.91 Å². The highest BCUT2D eigenvalue weighted by Crippen LogP contribution is 2.39.